The highest BCUT2D eigenvalue weighted by Crippen LogP contribution is 2.33. The molecule has 0 radical (unpaired) electrons. The second-order valence-electron chi connectivity index (χ2n) is 9.72. The second-order valence-corrected chi connectivity index (χ2v) is 9.72. The first-order chi connectivity index (χ1) is 15.4. The van der Waals surface area contributed by atoms with Gasteiger partial charge in [0.05, 0.1) is 18.5 Å². The van der Waals surface area contributed by atoms with E-state index in [0.29, 0.717) is 31.1 Å². The highest BCUT2D eigenvalue weighted by molar-refractivity contribution is 6.00. The average Bonchev–Trinajstić information content (AvgIpc) is 3.39. The van der Waals surface area contributed by atoms with E-state index in [-0.39, 0.29) is 17.9 Å². The van der Waals surface area contributed by atoms with Crippen LogP contribution in [-0.2, 0) is 11.3 Å². The molecule has 0 spiro atoms. The molecule has 3 heterocycles. The fourth-order valence-corrected chi connectivity index (χ4v) is 5.00. The average molecular weight is 441 g/mol. The van der Waals surface area contributed by atoms with Crippen LogP contribution in [0.5, 0.6) is 0 Å². The summed E-state index contributed by atoms with van der Waals surface area (Å²) in [5.41, 5.74) is 0.463. The summed E-state index contributed by atoms with van der Waals surface area (Å²) < 4.78 is 7.56. The van der Waals surface area contributed by atoms with Gasteiger partial charge in [0.25, 0.3) is 5.91 Å². The maximum absolute atomic E-state index is 13.8. The number of hydrogen-bond donors (Lipinski definition) is 1. The molecule has 32 heavy (non-hydrogen) atoms. The monoisotopic (exact) mass is 440 g/mol. The molecule has 1 N–H and O–H groups in total. The number of nitrogens with one attached hydrogen (secondary N) is 1. The Balaban J connectivity index is 1.64. The molecule has 1 atom stereocenters. The van der Waals surface area contributed by atoms with E-state index < -0.39 is 5.54 Å². The van der Waals surface area contributed by atoms with Gasteiger partial charge in [-0.2, -0.15) is 0 Å². The van der Waals surface area contributed by atoms with Crippen molar-refractivity contribution in [2.75, 3.05) is 27.2 Å². The van der Waals surface area contributed by atoms with E-state index in [2.05, 4.69) is 5.32 Å². The zero-order valence-electron chi connectivity index (χ0n) is 19.6. The van der Waals surface area contributed by atoms with Crippen LogP contribution < -0.4 is 5.32 Å². The molecule has 1 aliphatic carbocycles. The lowest BCUT2D eigenvalue weighted by molar-refractivity contribution is -0.133. The molecule has 4 rings (SSSR count). The quantitative estimate of drug-likeness (QED) is 0.743. The van der Waals surface area contributed by atoms with Crippen LogP contribution in [0.3, 0.4) is 0 Å². The molecule has 2 aromatic heterocycles. The third-order valence-corrected chi connectivity index (χ3v) is 6.98. The predicted molar refractivity (Wildman–Crippen MR) is 124 cm³/mol. The summed E-state index contributed by atoms with van der Waals surface area (Å²) >= 11 is 0. The predicted octanol–water partition coefficient (Wildman–Crippen LogP) is 3.75. The Labute approximate surface area is 190 Å². The van der Waals surface area contributed by atoms with Gasteiger partial charge in [-0.15, -0.1) is 0 Å². The summed E-state index contributed by atoms with van der Waals surface area (Å²) in [7, 11) is 3.97. The van der Waals surface area contributed by atoms with Crippen molar-refractivity contribution in [3.63, 3.8) is 0 Å². The smallest absolute Gasteiger partial charge is 0.271 e. The first-order valence-electron chi connectivity index (χ1n) is 11.9. The molecule has 7 heteroatoms. The molecule has 174 valence electrons. The Hall–Kier alpha value is -2.54. The highest BCUT2D eigenvalue weighted by Gasteiger charge is 2.48. The first-order valence-corrected chi connectivity index (χ1v) is 11.9. The molecule has 2 aromatic rings. The third kappa shape index (κ3) is 4.49. The Morgan fingerprint density at radius 3 is 2.47 bits per heavy atom. The van der Waals surface area contributed by atoms with E-state index >= 15 is 0 Å². The minimum atomic E-state index is -0.969. The number of fused-ring (bicyclic) bond motifs is 1. The summed E-state index contributed by atoms with van der Waals surface area (Å²) in [6.07, 6.45) is 9.71. The molecule has 0 saturated heterocycles. The van der Waals surface area contributed by atoms with Crippen LogP contribution in [0.25, 0.3) is 11.5 Å². The van der Waals surface area contributed by atoms with Crippen LogP contribution in [0, 0.1) is 0 Å². The molecule has 0 bridgehead atoms. The number of carbonyl (C=O) groups is 2. The number of amides is 2. The number of likely N-dealkylation sites (N-methyl/N-ethyl adjacent to an activating group) is 1. The molecule has 2 amide bonds. The summed E-state index contributed by atoms with van der Waals surface area (Å²) in [5.74, 6) is 0.541. The minimum Gasteiger partial charge on any atom is -0.463 e. The van der Waals surface area contributed by atoms with Crippen molar-refractivity contribution in [2.45, 2.75) is 70.0 Å². The van der Waals surface area contributed by atoms with Crippen LogP contribution >= 0.6 is 0 Å². The lowest BCUT2D eigenvalue weighted by Gasteiger charge is -2.45. The number of aromatic nitrogens is 1. The van der Waals surface area contributed by atoms with Gasteiger partial charge in [0.15, 0.2) is 0 Å². The van der Waals surface area contributed by atoms with Crippen LogP contribution in [0.2, 0.25) is 0 Å². The molecule has 0 unspecified atom stereocenters. The lowest BCUT2D eigenvalue weighted by atomic mass is 9.92. The molecule has 0 aromatic carbocycles. The van der Waals surface area contributed by atoms with Gasteiger partial charge in [0.2, 0.25) is 5.91 Å². The third-order valence-electron chi connectivity index (χ3n) is 6.98. The molecule has 1 saturated carbocycles. The number of carbonyl (C=O) groups excluding carboxylic acids is 2. The van der Waals surface area contributed by atoms with Crippen molar-refractivity contribution >= 4 is 11.8 Å². The van der Waals surface area contributed by atoms with Gasteiger partial charge in [-0.1, -0.05) is 32.1 Å². The Morgan fingerprint density at radius 2 is 1.81 bits per heavy atom. The minimum absolute atomic E-state index is 0.0556. The summed E-state index contributed by atoms with van der Waals surface area (Å²) in [4.78, 5) is 31.2. The van der Waals surface area contributed by atoms with Crippen LogP contribution in [-0.4, -0.2) is 64.9 Å². The van der Waals surface area contributed by atoms with Gasteiger partial charge in [-0.25, -0.2) is 0 Å². The van der Waals surface area contributed by atoms with Gasteiger partial charge < -0.3 is 24.1 Å². The van der Waals surface area contributed by atoms with Crippen molar-refractivity contribution in [3.05, 3.63) is 36.2 Å². The molecule has 2 aliphatic rings. The Morgan fingerprint density at radius 1 is 1.12 bits per heavy atom. The maximum atomic E-state index is 13.8. The summed E-state index contributed by atoms with van der Waals surface area (Å²) in [6.45, 7) is 3.52. The standard InChI is InChI=1S/C25H36N4O3/c1-25(24(31)26-19-10-7-5-4-6-8-11-19)18-28-20(22-12-9-17-32-22)13-14-21(28)23(30)29(25)16-15-27(2)3/h9,12-14,17,19H,4-8,10-11,15-16,18H2,1-3H3,(H,26,31)/t25-/m0/s1. The van der Waals surface area contributed by atoms with Gasteiger partial charge in [0.1, 0.15) is 17.0 Å². The maximum Gasteiger partial charge on any atom is 0.271 e. The van der Waals surface area contributed by atoms with Crippen molar-refractivity contribution in [1.82, 2.24) is 19.7 Å². The van der Waals surface area contributed by atoms with E-state index in [1.165, 1.54) is 19.3 Å². The normalized spacial score (nSPS) is 22.5. The van der Waals surface area contributed by atoms with Gasteiger partial charge in [0, 0.05) is 19.1 Å². The van der Waals surface area contributed by atoms with Crippen LogP contribution in [0.1, 0.15) is 62.4 Å². The Kier molecular flexibility index (Phi) is 6.74. The largest absolute Gasteiger partial charge is 0.463 e. The summed E-state index contributed by atoms with van der Waals surface area (Å²) in [6, 6.07) is 7.66. The van der Waals surface area contributed by atoms with E-state index in [9.17, 15) is 9.59 Å². The first kappa shape index (κ1) is 22.6. The molecule has 1 fully saturated rings. The second kappa shape index (κ2) is 9.53. The molecule has 7 nitrogen and oxygen atoms in total. The van der Waals surface area contributed by atoms with Crippen molar-refractivity contribution in [1.29, 1.82) is 0 Å². The fraction of sp³-hybridized carbons (Fsp3) is 0.600. The highest BCUT2D eigenvalue weighted by atomic mass is 16.3. The van der Waals surface area contributed by atoms with Crippen LogP contribution in [0.15, 0.2) is 34.9 Å². The van der Waals surface area contributed by atoms with Crippen molar-refractivity contribution in [3.8, 4) is 11.5 Å². The van der Waals surface area contributed by atoms with E-state index in [1.807, 2.05) is 54.8 Å². The number of nitrogens with zero attached hydrogens (tertiary/aromatic N) is 3. The number of rotatable bonds is 6. The van der Waals surface area contributed by atoms with E-state index in [4.69, 9.17) is 4.42 Å². The van der Waals surface area contributed by atoms with Gasteiger partial charge in [-0.05, 0) is 58.1 Å². The van der Waals surface area contributed by atoms with E-state index in [1.54, 1.807) is 11.2 Å². The Bertz CT molecular complexity index is 925. The zero-order chi connectivity index (χ0) is 22.7. The topological polar surface area (TPSA) is 70.7 Å². The number of hydrogen-bond acceptors (Lipinski definition) is 4. The van der Waals surface area contributed by atoms with Crippen LogP contribution in [0.4, 0.5) is 0 Å². The molecular weight excluding hydrogens is 404 g/mol. The van der Waals surface area contributed by atoms with Gasteiger partial charge >= 0.3 is 0 Å². The van der Waals surface area contributed by atoms with Crippen molar-refractivity contribution < 1.29 is 14.0 Å². The molecule has 1 aliphatic heterocycles. The molecular formula is C25H36N4O3. The van der Waals surface area contributed by atoms with Gasteiger partial charge in [-0.3, -0.25) is 9.59 Å². The number of furan rings is 1. The fourth-order valence-electron chi connectivity index (χ4n) is 5.00. The van der Waals surface area contributed by atoms with Crippen molar-refractivity contribution in [2.24, 2.45) is 0 Å². The van der Waals surface area contributed by atoms with E-state index in [0.717, 1.165) is 31.4 Å². The zero-order valence-corrected chi connectivity index (χ0v) is 19.6. The lowest BCUT2D eigenvalue weighted by Crippen LogP contribution is -2.65. The summed E-state index contributed by atoms with van der Waals surface area (Å²) in [5, 5.41) is 3.33. The SMILES string of the molecule is CN(C)CCN1C(=O)c2ccc(-c3ccco3)n2C[C@@]1(C)C(=O)NC1CCCCCCC1.